The van der Waals surface area contributed by atoms with Crippen LogP contribution in [0.25, 0.3) is 0 Å². The van der Waals surface area contributed by atoms with Crippen LogP contribution < -0.4 is 16.4 Å². The first-order valence-electron chi connectivity index (χ1n) is 6.11. The topological polar surface area (TPSA) is 122 Å². The fourth-order valence-electron chi connectivity index (χ4n) is 1.52. The van der Waals surface area contributed by atoms with Gasteiger partial charge in [-0.25, -0.2) is 4.79 Å². The van der Waals surface area contributed by atoms with E-state index in [0.717, 1.165) is 0 Å². The highest BCUT2D eigenvalue weighted by Crippen LogP contribution is 2.09. The molecule has 0 aliphatic heterocycles. The maximum absolute atomic E-state index is 11.5. The van der Waals surface area contributed by atoms with E-state index < -0.39 is 11.9 Å². The summed E-state index contributed by atoms with van der Waals surface area (Å²) in [6, 6.07) is 6.14. The van der Waals surface area contributed by atoms with Gasteiger partial charge in [0.1, 0.15) is 0 Å². The minimum Gasteiger partial charge on any atom is -0.481 e. The third-order valence-electron chi connectivity index (χ3n) is 2.45. The first kappa shape index (κ1) is 15.5. The van der Waals surface area contributed by atoms with Gasteiger partial charge < -0.3 is 21.5 Å². The molecule has 1 aromatic carbocycles. The lowest BCUT2D eigenvalue weighted by atomic mass is 10.1. The van der Waals surface area contributed by atoms with Crippen LogP contribution in [0.1, 0.15) is 18.4 Å². The van der Waals surface area contributed by atoms with Crippen LogP contribution in [0, 0.1) is 0 Å². The zero-order chi connectivity index (χ0) is 15.0. The van der Waals surface area contributed by atoms with Gasteiger partial charge in [-0.3, -0.25) is 9.59 Å². The fraction of sp³-hybridized carbons (Fsp3) is 0.308. The van der Waals surface area contributed by atoms with Crippen LogP contribution in [-0.2, 0) is 16.0 Å². The number of anilines is 1. The second kappa shape index (κ2) is 7.78. The second-order valence-electron chi connectivity index (χ2n) is 4.22. The average Bonchev–Trinajstić information content (AvgIpc) is 2.36. The van der Waals surface area contributed by atoms with Crippen LogP contribution in [0.2, 0.25) is 0 Å². The third kappa shape index (κ3) is 6.39. The smallest absolute Gasteiger partial charge is 0.319 e. The predicted molar refractivity (Wildman–Crippen MR) is 73.2 cm³/mol. The molecule has 0 bridgehead atoms. The number of carbonyl (C=O) groups excluding carboxylic acids is 2. The highest BCUT2D eigenvalue weighted by molar-refractivity contribution is 5.89. The van der Waals surface area contributed by atoms with E-state index in [2.05, 4.69) is 10.6 Å². The Labute approximate surface area is 116 Å². The number of carbonyl (C=O) groups is 3. The number of aliphatic carboxylic acids is 1. The van der Waals surface area contributed by atoms with Crippen LogP contribution in [-0.4, -0.2) is 29.6 Å². The maximum atomic E-state index is 11.5. The Morgan fingerprint density at radius 3 is 2.35 bits per heavy atom. The van der Waals surface area contributed by atoms with Crippen molar-refractivity contribution < 1.29 is 19.5 Å². The summed E-state index contributed by atoms with van der Waals surface area (Å²) in [5.74, 6) is -1.31. The molecule has 0 aliphatic carbocycles. The molecule has 20 heavy (non-hydrogen) atoms. The van der Waals surface area contributed by atoms with E-state index in [1.807, 2.05) is 0 Å². The van der Waals surface area contributed by atoms with Gasteiger partial charge >= 0.3 is 12.0 Å². The standard InChI is InChI=1S/C13H17N3O4/c14-11(17)2-1-7-15-13(20)16-10-5-3-9(4-6-10)8-12(18)19/h3-6H,1-2,7-8H2,(H2,14,17)(H,18,19)(H2,15,16,20). The number of amides is 3. The van der Waals surface area contributed by atoms with Crippen molar-refractivity contribution in [3.8, 4) is 0 Å². The van der Waals surface area contributed by atoms with Gasteiger partial charge in [-0.1, -0.05) is 12.1 Å². The number of nitrogens with one attached hydrogen (secondary N) is 2. The van der Waals surface area contributed by atoms with E-state index in [1.165, 1.54) is 0 Å². The predicted octanol–water partition coefficient (Wildman–Crippen LogP) is 0.701. The highest BCUT2D eigenvalue weighted by atomic mass is 16.4. The van der Waals surface area contributed by atoms with Crippen LogP contribution >= 0.6 is 0 Å². The molecule has 0 saturated heterocycles. The molecule has 0 spiro atoms. The summed E-state index contributed by atoms with van der Waals surface area (Å²) in [6.45, 7) is 0.353. The van der Waals surface area contributed by atoms with Gasteiger partial charge in [0.2, 0.25) is 5.91 Å². The normalized spacial score (nSPS) is 9.80. The van der Waals surface area contributed by atoms with E-state index in [0.29, 0.717) is 24.2 Å². The maximum Gasteiger partial charge on any atom is 0.319 e. The lowest BCUT2D eigenvalue weighted by molar-refractivity contribution is -0.136. The number of carboxylic acid groups (broad SMARTS) is 1. The molecule has 108 valence electrons. The Bertz CT molecular complexity index is 485. The number of primary amides is 1. The van der Waals surface area contributed by atoms with Crippen molar-refractivity contribution in [1.82, 2.24) is 5.32 Å². The molecule has 0 fully saturated rings. The molecule has 0 radical (unpaired) electrons. The number of benzene rings is 1. The van der Waals surface area contributed by atoms with E-state index in [1.54, 1.807) is 24.3 Å². The lowest BCUT2D eigenvalue weighted by Crippen LogP contribution is -2.30. The number of hydrogen-bond donors (Lipinski definition) is 4. The fourth-order valence-corrected chi connectivity index (χ4v) is 1.52. The third-order valence-corrected chi connectivity index (χ3v) is 2.45. The summed E-state index contributed by atoms with van der Waals surface area (Å²) in [6.07, 6.45) is 0.657. The van der Waals surface area contributed by atoms with Crippen molar-refractivity contribution >= 4 is 23.6 Å². The van der Waals surface area contributed by atoms with Crippen LogP contribution in [0.15, 0.2) is 24.3 Å². The second-order valence-corrected chi connectivity index (χ2v) is 4.22. The molecule has 0 saturated carbocycles. The Balaban J connectivity index is 2.34. The largest absolute Gasteiger partial charge is 0.481 e. The number of hydrogen-bond acceptors (Lipinski definition) is 3. The molecule has 0 heterocycles. The van der Waals surface area contributed by atoms with E-state index in [-0.39, 0.29) is 18.9 Å². The highest BCUT2D eigenvalue weighted by Gasteiger charge is 2.03. The molecule has 1 rings (SSSR count). The van der Waals surface area contributed by atoms with Crippen molar-refractivity contribution in [2.45, 2.75) is 19.3 Å². The van der Waals surface area contributed by atoms with Gasteiger partial charge in [-0.15, -0.1) is 0 Å². The van der Waals surface area contributed by atoms with E-state index in [4.69, 9.17) is 10.8 Å². The van der Waals surface area contributed by atoms with Crippen LogP contribution in [0.4, 0.5) is 10.5 Å². The summed E-state index contributed by atoms with van der Waals surface area (Å²) in [5.41, 5.74) is 6.19. The lowest BCUT2D eigenvalue weighted by Gasteiger charge is -2.07. The Morgan fingerprint density at radius 1 is 1.15 bits per heavy atom. The number of carboxylic acids is 1. The Hall–Kier alpha value is -2.57. The molecule has 1 aromatic rings. The van der Waals surface area contributed by atoms with Gasteiger partial charge in [-0.2, -0.15) is 0 Å². The minimum absolute atomic E-state index is 0.0560. The first-order valence-corrected chi connectivity index (χ1v) is 6.11. The first-order chi connectivity index (χ1) is 9.47. The quantitative estimate of drug-likeness (QED) is 0.549. The van der Waals surface area contributed by atoms with E-state index in [9.17, 15) is 14.4 Å². The molecule has 5 N–H and O–H groups in total. The van der Waals surface area contributed by atoms with Gasteiger partial charge in [0.15, 0.2) is 0 Å². The summed E-state index contributed by atoms with van der Waals surface area (Å²) in [4.78, 5) is 32.5. The monoisotopic (exact) mass is 279 g/mol. The summed E-state index contributed by atoms with van der Waals surface area (Å²) >= 11 is 0. The molecular formula is C13H17N3O4. The van der Waals surface area contributed by atoms with Crippen molar-refractivity contribution in [2.75, 3.05) is 11.9 Å². The van der Waals surface area contributed by atoms with Crippen LogP contribution in [0.5, 0.6) is 0 Å². The summed E-state index contributed by atoms with van der Waals surface area (Å²) in [7, 11) is 0. The molecule has 0 aliphatic rings. The van der Waals surface area contributed by atoms with Crippen molar-refractivity contribution in [2.24, 2.45) is 5.73 Å². The minimum atomic E-state index is -0.905. The number of urea groups is 1. The average molecular weight is 279 g/mol. The molecule has 0 unspecified atom stereocenters. The van der Waals surface area contributed by atoms with Gasteiger partial charge in [0, 0.05) is 18.7 Å². The zero-order valence-corrected chi connectivity index (χ0v) is 10.9. The number of nitrogens with two attached hydrogens (primary N) is 1. The summed E-state index contributed by atoms with van der Waals surface area (Å²) in [5, 5.41) is 13.8. The SMILES string of the molecule is NC(=O)CCCNC(=O)Nc1ccc(CC(=O)O)cc1. The molecular weight excluding hydrogens is 262 g/mol. The van der Waals surface area contributed by atoms with Gasteiger partial charge in [-0.05, 0) is 24.1 Å². The van der Waals surface area contributed by atoms with Crippen molar-refractivity contribution in [3.63, 3.8) is 0 Å². The molecule has 0 aromatic heterocycles. The number of rotatable bonds is 7. The molecule has 7 nitrogen and oxygen atoms in total. The summed E-state index contributed by atoms with van der Waals surface area (Å²) < 4.78 is 0. The van der Waals surface area contributed by atoms with Gasteiger partial charge in [0.05, 0.1) is 6.42 Å². The molecule has 7 heteroatoms. The molecule has 3 amide bonds. The zero-order valence-electron chi connectivity index (χ0n) is 10.9. The van der Waals surface area contributed by atoms with Crippen molar-refractivity contribution in [3.05, 3.63) is 29.8 Å². The Morgan fingerprint density at radius 2 is 1.80 bits per heavy atom. The van der Waals surface area contributed by atoms with Gasteiger partial charge in [0.25, 0.3) is 0 Å². The Kier molecular flexibility index (Phi) is 6.02. The van der Waals surface area contributed by atoms with E-state index >= 15 is 0 Å². The van der Waals surface area contributed by atoms with Crippen molar-refractivity contribution in [1.29, 1.82) is 0 Å². The van der Waals surface area contributed by atoms with Crippen LogP contribution in [0.3, 0.4) is 0 Å². The molecule has 0 atom stereocenters.